The SMILES string of the molecule is CCc1ccc(NC(=O)Cn2cc(C#N)c3ccccc32)cc1. The Morgan fingerprint density at radius 2 is 1.91 bits per heavy atom. The van der Waals surface area contributed by atoms with Crippen LogP contribution in [0.15, 0.2) is 54.7 Å². The van der Waals surface area contributed by atoms with E-state index in [2.05, 4.69) is 18.3 Å². The van der Waals surface area contributed by atoms with E-state index in [9.17, 15) is 10.1 Å². The van der Waals surface area contributed by atoms with E-state index in [0.29, 0.717) is 5.56 Å². The Balaban J connectivity index is 1.79. The minimum absolute atomic E-state index is 0.112. The van der Waals surface area contributed by atoms with Crippen molar-refractivity contribution in [3.8, 4) is 6.07 Å². The topological polar surface area (TPSA) is 57.8 Å². The van der Waals surface area contributed by atoms with Crippen LogP contribution in [0.4, 0.5) is 5.69 Å². The van der Waals surface area contributed by atoms with Gasteiger partial charge in [0.2, 0.25) is 5.91 Å². The zero-order chi connectivity index (χ0) is 16.2. The third-order valence-corrected chi connectivity index (χ3v) is 3.87. The number of rotatable bonds is 4. The number of hydrogen-bond donors (Lipinski definition) is 1. The van der Waals surface area contributed by atoms with E-state index in [1.807, 2.05) is 53.1 Å². The number of para-hydroxylation sites is 1. The monoisotopic (exact) mass is 303 g/mol. The van der Waals surface area contributed by atoms with Gasteiger partial charge >= 0.3 is 0 Å². The molecular weight excluding hydrogens is 286 g/mol. The molecule has 0 aliphatic heterocycles. The Labute approximate surface area is 135 Å². The van der Waals surface area contributed by atoms with Crippen LogP contribution in [0.2, 0.25) is 0 Å². The van der Waals surface area contributed by atoms with E-state index in [1.54, 1.807) is 6.20 Å². The highest BCUT2D eigenvalue weighted by Gasteiger charge is 2.10. The summed E-state index contributed by atoms with van der Waals surface area (Å²) < 4.78 is 1.81. The number of nitrogens with one attached hydrogen (secondary N) is 1. The second-order valence-corrected chi connectivity index (χ2v) is 5.40. The van der Waals surface area contributed by atoms with Gasteiger partial charge < -0.3 is 9.88 Å². The number of carbonyl (C=O) groups excluding carboxylic acids is 1. The van der Waals surface area contributed by atoms with Gasteiger partial charge in [-0.15, -0.1) is 0 Å². The van der Waals surface area contributed by atoms with Crippen molar-refractivity contribution < 1.29 is 4.79 Å². The van der Waals surface area contributed by atoms with Gasteiger partial charge in [0.25, 0.3) is 0 Å². The average molecular weight is 303 g/mol. The first kappa shape index (κ1) is 14.9. The summed E-state index contributed by atoms with van der Waals surface area (Å²) in [5.41, 5.74) is 3.49. The highest BCUT2D eigenvalue weighted by Crippen LogP contribution is 2.20. The second kappa shape index (κ2) is 6.37. The summed E-state index contributed by atoms with van der Waals surface area (Å²) in [6.07, 6.45) is 2.70. The second-order valence-electron chi connectivity index (χ2n) is 5.40. The third-order valence-electron chi connectivity index (χ3n) is 3.87. The zero-order valence-corrected chi connectivity index (χ0v) is 12.9. The number of amides is 1. The van der Waals surface area contributed by atoms with Crippen molar-refractivity contribution in [1.82, 2.24) is 4.57 Å². The Kier molecular flexibility index (Phi) is 4.11. The summed E-state index contributed by atoms with van der Waals surface area (Å²) in [5.74, 6) is -0.112. The Morgan fingerprint density at radius 1 is 1.17 bits per heavy atom. The average Bonchev–Trinajstić information content (AvgIpc) is 2.93. The number of aryl methyl sites for hydroxylation is 1. The molecule has 1 amide bonds. The van der Waals surface area contributed by atoms with Gasteiger partial charge in [0.05, 0.1) is 5.56 Å². The maximum atomic E-state index is 12.3. The van der Waals surface area contributed by atoms with Gasteiger partial charge in [-0.05, 0) is 30.2 Å². The van der Waals surface area contributed by atoms with Gasteiger partial charge in [0.1, 0.15) is 12.6 Å². The van der Waals surface area contributed by atoms with E-state index in [-0.39, 0.29) is 12.5 Å². The molecule has 0 bridgehead atoms. The van der Waals surface area contributed by atoms with Gasteiger partial charge in [-0.25, -0.2) is 0 Å². The summed E-state index contributed by atoms with van der Waals surface area (Å²) in [4.78, 5) is 12.3. The zero-order valence-electron chi connectivity index (χ0n) is 12.9. The van der Waals surface area contributed by atoms with E-state index < -0.39 is 0 Å². The first-order chi connectivity index (χ1) is 11.2. The minimum Gasteiger partial charge on any atom is -0.337 e. The van der Waals surface area contributed by atoms with Gasteiger partial charge in [-0.1, -0.05) is 37.3 Å². The third kappa shape index (κ3) is 3.09. The fourth-order valence-electron chi connectivity index (χ4n) is 2.65. The molecule has 2 aromatic carbocycles. The molecule has 3 rings (SSSR count). The van der Waals surface area contributed by atoms with Gasteiger partial charge in [0.15, 0.2) is 0 Å². The van der Waals surface area contributed by atoms with Gasteiger partial charge in [-0.2, -0.15) is 5.26 Å². The largest absolute Gasteiger partial charge is 0.337 e. The van der Waals surface area contributed by atoms with E-state index in [1.165, 1.54) is 5.56 Å². The number of nitriles is 1. The normalized spacial score (nSPS) is 10.4. The molecule has 0 spiro atoms. The Hall–Kier alpha value is -3.06. The van der Waals surface area contributed by atoms with Crippen LogP contribution in [-0.4, -0.2) is 10.5 Å². The molecule has 114 valence electrons. The highest BCUT2D eigenvalue weighted by atomic mass is 16.1. The summed E-state index contributed by atoms with van der Waals surface area (Å²) >= 11 is 0. The highest BCUT2D eigenvalue weighted by molar-refractivity contribution is 5.93. The van der Waals surface area contributed by atoms with Crippen molar-refractivity contribution in [2.75, 3.05) is 5.32 Å². The molecule has 4 nitrogen and oxygen atoms in total. The number of fused-ring (bicyclic) bond motifs is 1. The van der Waals surface area contributed by atoms with E-state index in [4.69, 9.17) is 0 Å². The molecule has 0 atom stereocenters. The van der Waals surface area contributed by atoms with Crippen molar-refractivity contribution in [2.45, 2.75) is 19.9 Å². The van der Waals surface area contributed by atoms with Crippen LogP contribution in [0.3, 0.4) is 0 Å². The lowest BCUT2D eigenvalue weighted by atomic mass is 10.1. The van der Waals surface area contributed by atoms with Crippen LogP contribution in [0.25, 0.3) is 10.9 Å². The van der Waals surface area contributed by atoms with Gasteiger partial charge in [0, 0.05) is 22.8 Å². The molecule has 0 aliphatic carbocycles. The van der Waals surface area contributed by atoms with Crippen molar-refractivity contribution in [3.63, 3.8) is 0 Å². The summed E-state index contributed by atoms with van der Waals surface area (Å²) in [6, 6.07) is 17.6. The number of carbonyl (C=O) groups is 1. The molecule has 0 saturated heterocycles. The van der Waals surface area contributed by atoms with Crippen molar-refractivity contribution in [1.29, 1.82) is 5.26 Å². The van der Waals surface area contributed by atoms with Crippen molar-refractivity contribution in [2.24, 2.45) is 0 Å². The fourth-order valence-corrected chi connectivity index (χ4v) is 2.65. The molecule has 0 fully saturated rings. The van der Waals surface area contributed by atoms with Crippen LogP contribution < -0.4 is 5.32 Å². The fraction of sp³-hybridized carbons (Fsp3) is 0.158. The Bertz CT molecular complexity index is 885. The van der Waals surface area contributed by atoms with Crippen LogP contribution in [0, 0.1) is 11.3 Å². The molecule has 1 aromatic heterocycles. The molecule has 3 aromatic rings. The first-order valence-corrected chi connectivity index (χ1v) is 7.58. The van der Waals surface area contributed by atoms with Crippen molar-refractivity contribution >= 4 is 22.5 Å². The van der Waals surface area contributed by atoms with Crippen LogP contribution >= 0.6 is 0 Å². The molecule has 1 heterocycles. The smallest absolute Gasteiger partial charge is 0.244 e. The lowest BCUT2D eigenvalue weighted by Gasteiger charge is -2.08. The quantitative estimate of drug-likeness (QED) is 0.798. The van der Waals surface area contributed by atoms with Crippen molar-refractivity contribution in [3.05, 3.63) is 65.9 Å². The summed E-state index contributed by atoms with van der Waals surface area (Å²) in [6.45, 7) is 2.27. The number of nitrogens with zero attached hydrogens (tertiary/aromatic N) is 2. The lowest BCUT2D eigenvalue weighted by Crippen LogP contribution is -2.18. The molecule has 0 saturated carbocycles. The van der Waals surface area contributed by atoms with E-state index >= 15 is 0 Å². The summed E-state index contributed by atoms with van der Waals surface area (Å²) in [5, 5.41) is 13.0. The molecule has 4 heteroatoms. The predicted molar refractivity (Wildman–Crippen MR) is 91.1 cm³/mol. The number of benzene rings is 2. The van der Waals surface area contributed by atoms with E-state index in [0.717, 1.165) is 23.0 Å². The first-order valence-electron chi connectivity index (χ1n) is 7.58. The maximum absolute atomic E-state index is 12.3. The lowest BCUT2D eigenvalue weighted by molar-refractivity contribution is -0.116. The van der Waals surface area contributed by atoms with Gasteiger partial charge in [-0.3, -0.25) is 4.79 Å². The van der Waals surface area contributed by atoms with Crippen LogP contribution in [0.5, 0.6) is 0 Å². The minimum atomic E-state index is -0.112. The number of aromatic nitrogens is 1. The standard InChI is InChI=1S/C19H17N3O/c1-2-14-7-9-16(10-8-14)21-19(23)13-22-12-15(11-20)17-5-3-4-6-18(17)22/h3-10,12H,2,13H2,1H3,(H,21,23). The predicted octanol–water partition coefficient (Wildman–Crippen LogP) is 3.71. The molecular formula is C19H17N3O. The molecule has 1 N–H and O–H groups in total. The number of anilines is 1. The van der Waals surface area contributed by atoms with Crippen LogP contribution in [0.1, 0.15) is 18.1 Å². The Morgan fingerprint density at radius 3 is 2.61 bits per heavy atom. The summed E-state index contributed by atoms with van der Waals surface area (Å²) in [7, 11) is 0. The molecule has 0 unspecified atom stereocenters. The van der Waals surface area contributed by atoms with Crippen LogP contribution in [-0.2, 0) is 17.8 Å². The molecule has 0 aliphatic rings. The molecule has 23 heavy (non-hydrogen) atoms. The maximum Gasteiger partial charge on any atom is 0.244 e. The molecule has 0 radical (unpaired) electrons. The number of hydrogen-bond acceptors (Lipinski definition) is 2.